The fraction of sp³-hybridized carbons (Fsp3) is 0.421. The van der Waals surface area contributed by atoms with E-state index in [1.54, 1.807) is 0 Å². The number of nitrogens with one attached hydrogen (secondary N) is 3. The molecule has 3 N–H and O–H groups in total. The molecule has 1 aromatic heterocycles. The van der Waals surface area contributed by atoms with E-state index in [1.165, 1.54) is 11.2 Å². The van der Waals surface area contributed by atoms with Crippen LogP contribution < -0.4 is 16.6 Å². The van der Waals surface area contributed by atoms with Crippen LogP contribution in [-0.2, 0) is 21.4 Å². The van der Waals surface area contributed by atoms with Gasteiger partial charge < -0.3 is 10.3 Å². The van der Waals surface area contributed by atoms with Crippen LogP contribution in [0, 0.1) is 19.8 Å². The summed E-state index contributed by atoms with van der Waals surface area (Å²) < 4.78 is 26.9. The Kier molecular flexibility index (Phi) is 6.04. The smallest absolute Gasteiger partial charge is 0.325 e. The molecule has 29 heavy (non-hydrogen) atoms. The summed E-state index contributed by atoms with van der Waals surface area (Å²) in [5, 5.41) is 2.90. The molecule has 1 fully saturated rings. The molecule has 1 aliphatic heterocycles. The van der Waals surface area contributed by atoms with Crippen LogP contribution in [-0.4, -0.2) is 41.7 Å². The number of aromatic amines is 2. The summed E-state index contributed by atoms with van der Waals surface area (Å²) in [4.78, 5) is 39.6. The molecule has 0 radical (unpaired) electrons. The van der Waals surface area contributed by atoms with E-state index in [9.17, 15) is 22.8 Å². The number of carbonyl (C=O) groups is 1. The highest BCUT2D eigenvalue weighted by molar-refractivity contribution is 7.89. The van der Waals surface area contributed by atoms with Crippen molar-refractivity contribution in [3.8, 4) is 0 Å². The molecule has 10 heteroatoms. The monoisotopic (exact) mass is 420 g/mol. The fourth-order valence-electron chi connectivity index (χ4n) is 3.43. The van der Waals surface area contributed by atoms with Gasteiger partial charge in [0.1, 0.15) is 0 Å². The van der Waals surface area contributed by atoms with Gasteiger partial charge in [-0.3, -0.25) is 14.6 Å². The van der Waals surface area contributed by atoms with Crippen molar-refractivity contribution in [2.24, 2.45) is 5.92 Å². The number of aromatic nitrogens is 2. The number of amides is 1. The predicted octanol–water partition coefficient (Wildman–Crippen LogP) is 0.397. The highest BCUT2D eigenvalue weighted by Crippen LogP contribution is 2.23. The molecule has 2 aromatic rings. The van der Waals surface area contributed by atoms with Crippen LogP contribution in [0.2, 0.25) is 0 Å². The minimum Gasteiger partial charge on any atom is -0.352 e. The lowest BCUT2D eigenvalue weighted by Crippen LogP contribution is -2.44. The second kappa shape index (κ2) is 8.34. The first-order chi connectivity index (χ1) is 13.7. The van der Waals surface area contributed by atoms with Gasteiger partial charge in [0.2, 0.25) is 15.9 Å². The molecule has 2 heterocycles. The van der Waals surface area contributed by atoms with Crippen molar-refractivity contribution in [2.45, 2.75) is 38.1 Å². The molecule has 0 unspecified atom stereocenters. The van der Waals surface area contributed by atoms with Gasteiger partial charge >= 0.3 is 5.69 Å². The summed E-state index contributed by atoms with van der Waals surface area (Å²) in [6, 6.07) is 7.86. The molecule has 0 aliphatic carbocycles. The van der Waals surface area contributed by atoms with Gasteiger partial charge in [0, 0.05) is 31.2 Å². The average Bonchev–Trinajstić information content (AvgIpc) is 2.66. The Morgan fingerprint density at radius 1 is 1.10 bits per heavy atom. The predicted molar refractivity (Wildman–Crippen MR) is 107 cm³/mol. The third kappa shape index (κ3) is 4.65. The second-order valence-corrected chi connectivity index (χ2v) is 9.12. The second-order valence-electron chi connectivity index (χ2n) is 7.24. The Labute approximate surface area is 168 Å². The van der Waals surface area contributed by atoms with Gasteiger partial charge in [0.15, 0.2) is 4.90 Å². The number of H-pyrrole nitrogens is 2. The Balaban J connectivity index is 1.62. The minimum absolute atomic E-state index is 0.00304. The van der Waals surface area contributed by atoms with Crippen LogP contribution in [0.3, 0.4) is 0 Å². The third-order valence-electron chi connectivity index (χ3n) is 5.08. The van der Waals surface area contributed by atoms with Crippen molar-refractivity contribution in [3.05, 3.63) is 61.9 Å². The molecule has 0 bridgehead atoms. The number of sulfonamides is 1. The van der Waals surface area contributed by atoms with Crippen LogP contribution in [0.4, 0.5) is 0 Å². The van der Waals surface area contributed by atoms with Gasteiger partial charge in [-0.25, -0.2) is 13.2 Å². The van der Waals surface area contributed by atoms with Gasteiger partial charge in [-0.15, -0.1) is 0 Å². The van der Waals surface area contributed by atoms with Crippen molar-refractivity contribution in [2.75, 3.05) is 13.1 Å². The zero-order valence-electron chi connectivity index (χ0n) is 16.3. The lowest BCUT2D eigenvalue weighted by atomic mass is 9.97. The average molecular weight is 420 g/mol. The molecule has 1 aliphatic rings. The Hall–Kier alpha value is -2.72. The van der Waals surface area contributed by atoms with E-state index in [-0.39, 0.29) is 30.6 Å². The number of benzene rings is 1. The van der Waals surface area contributed by atoms with Gasteiger partial charge in [-0.2, -0.15) is 4.31 Å². The number of piperidine rings is 1. The topological polar surface area (TPSA) is 132 Å². The molecule has 156 valence electrons. The van der Waals surface area contributed by atoms with E-state index < -0.39 is 26.2 Å². The van der Waals surface area contributed by atoms with Crippen molar-refractivity contribution in [1.29, 1.82) is 0 Å². The zero-order valence-corrected chi connectivity index (χ0v) is 17.1. The van der Waals surface area contributed by atoms with Crippen LogP contribution in [0.25, 0.3) is 0 Å². The molecular formula is C19H24N4O5S. The Bertz CT molecular complexity index is 1110. The maximum absolute atomic E-state index is 12.8. The van der Waals surface area contributed by atoms with Gasteiger partial charge in [0.05, 0.1) is 0 Å². The van der Waals surface area contributed by atoms with E-state index in [0.29, 0.717) is 19.4 Å². The summed E-state index contributed by atoms with van der Waals surface area (Å²) in [6.07, 6.45) is 0.721. The maximum atomic E-state index is 12.8. The highest BCUT2D eigenvalue weighted by Gasteiger charge is 2.34. The molecule has 1 aromatic carbocycles. The number of rotatable bonds is 5. The molecular weight excluding hydrogens is 396 g/mol. The first kappa shape index (κ1) is 21.0. The van der Waals surface area contributed by atoms with E-state index in [0.717, 1.165) is 11.1 Å². The number of aryl methyl sites for hydroxylation is 2. The molecule has 0 atom stereocenters. The summed E-state index contributed by atoms with van der Waals surface area (Å²) in [5.41, 5.74) is 0.443. The molecule has 0 spiro atoms. The SMILES string of the molecule is Cc1ccc(CNC(=O)C2CCN(S(=O)(=O)c3c(C)[nH]c(=O)[nH]c3=O)CC2)cc1. The number of hydrogen-bond donors (Lipinski definition) is 3. The van der Waals surface area contributed by atoms with Gasteiger partial charge in [-0.05, 0) is 32.3 Å². The Morgan fingerprint density at radius 3 is 2.31 bits per heavy atom. The minimum atomic E-state index is -4.06. The normalized spacial score (nSPS) is 15.9. The number of carbonyl (C=O) groups excluding carboxylic acids is 1. The summed E-state index contributed by atoms with van der Waals surface area (Å²) in [6.45, 7) is 4.04. The molecule has 0 saturated carbocycles. The first-order valence-corrected chi connectivity index (χ1v) is 10.8. The van der Waals surface area contributed by atoms with Gasteiger partial charge in [0.25, 0.3) is 5.56 Å². The molecule has 9 nitrogen and oxygen atoms in total. The fourth-order valence-corrected chi connectivity index (χ4v) is 5.10. The van der Waals surface area contributed by atoms with Crippen molar-refractivity contribution < 1.29 is 13.2 Å². The molecule has 1 amide bonds. The molecule has 1 saturated heterocycles. The van der Waals surface area contributed by atoms with Crippen molar-refractivity contribution in [3.63, 3.8) is 0 Å². The quantitative estimate of drug-likeness (QED) is 0.644. The van der Waals surface area contributed by atoms with Crippen LogP contribution in [0.15, 0.2) is 38.8 Å². The van der Waals surface area contributed by atoms with Crippen LogP contribution in [0.1, 0.15) is 29.7 Å². The number of nitrogens with zero attached hydrogens (tertiary/aromatic N) is 1. The van der Waals surface area contributed by atoms with E-state index in [2.05, 4.69) is 10.3 Å². The molecule has 3 rings (SSSR count). The summed E-state index contributed by atoms with van der Waals surface area (Å²) in [7, 11) is -4.06. The maximum Gasteiger partial charge on any atom is 0.325 e. The largest absolute Gasteiger partial charge is 0.352 e. The van der Waals surface area contributed by atoms with Crippen molar-refractivity contribution >= 4 is 15.9 Å². The van der Waals surface area contributed by atoms with Crippen LogP contribution >= 0.6 is 0 Å². The standard InChI is InChI=1S/C19H24N4O5S/c1-12-3-5-14(6-4-12)11-20-17(24)15-7-9-23(10-8-15)29(27,28)16-13(2)21-19(26)22-18(16)25/h3-6,15H,7-11H2,1-2H3,(H,20,24)(H2,21,22,25,26). The van der Waals surface area contributed by atoms with Crippen molar-refractivity contribution in [1.82, 2.24) is 19.6 Å². The van der Waals surface area contributed by atoms with E-state index >= 15 is 0 Å². The lowest BCUT2D eigenvalue weighted by Gasteiger charge is -2.30. The summed E-state index contributed by atoms with van der Waals surface area (Å²) >= 11 is 0. The van der Waals surface area contributed by atoms with Crippen LogP contribution in [0.5, 0.6) is 0 Å². The lowest BCUT2D eigenvalue weighted by molar-refractivity contribution is -0.126. The zero-order chi connectivity index (χ0) is 21.2. The number of hydrogen-bond acceptors (Lipinski definition) is 5. The third-order valence-corrected chi connectivity index (χ3v) is 7.14. The van der Waals surface area contributed by atoms with Gasteiger partial charge in [-0.1, -0.05) is 29.8 Å². The first-order valence-electron chi connectivity index (χ1n) is 9.35. The summed E-state index contributed by atoms with van der Waals surface area (Å²) in [5.74, 6) is -0.400. The van der Waals surface area contributed by atoms with E-state index in [1.807, 2.05) is 36.2 Å². The highest BCUT2D eigenvalue weighted by atomic mass is 32.2. The van der Waals surface area contributed by atoms with E-state index in [4.69, 9.17) is 0 Å². The Morgan fingerprint density at radius 2 is 1.72 bits per heavy atom.